The van der Waals surface area contributed by atoms with Crippen LogP contribution in [-0.2, 0) is 4.79 Å². The van der Waals surface area contributed by atoms with Crippen LogP contribution >= 0.6 is 11.3 Å². The fraction of sp³-hybridized carbons (Fsp3) is 0.294. The van der Waals surface area contributed by atoms with Gasteiger partial charge in [-0.2, -0.15) is 10.5 Å². The number of nitriles is 2. The lowest BCUT2D eigenvalue weighted by molar-refractivity contribution is -0.120. The van der Waals surface area contributed by atoms with E-state index in [1.54, 1.807) is 12.1 Å². The fourth-order valence-corrected chi connectivity index (χ4v) is 3.32. The molecule has 1 aliphatic rings. The molecule has 1 aliphatic carbocycles. The number of carbonyl (C=O) groups is 1. The summed E-state index contributed by atoms with van der Waals surface area (Å²) in [5.74, 6) is -0.351. The Morgan fingerprint density at radius 3 is 2.59 bits per heavy atom. The zero-order valence-electron chi connectivity index (χ0n) is 12.0. The quantitative estimate of drug-likeness (QED) is 0.866. The Morgan fingerprint density at radius 2 is 2.05 bits per heavy atom. The second-order valence-corrected chi connectivity index (χ2v) is 6.43. The van der Waals surface area contributed by atoms with Gasteiger partial charge in [0.2, 0.25) is 0 Å². The number of benzene rings is 1. The van der Waals surface area contributed by atoms with Gasteiger partial charge in [0.05, 0.1) is 23.4 Å². The van der Waals surface area contributed by atoms with Gasteiger partial charge < -0.3 is 0 Å². The van der Waals surface area contributed by atoms with E-state index in [0.717, 1.165) is 17.7 Å². The van der Waals surface area contributed by atoms with Crippen molar-refractivity contribution >= 4 is 17.1 Å². The van der Waals surface area contributed by atoms with Gasteiger partial charge in [-0.05, 0) is 24.5 Å². The van der Waals surface area contributed by atoms with Gasteiger partial charge in [-0.15, -0.1) is 11.3 Å². The molecule has 1 heterocycles. The predicted molar refractivity (Wildman–Crippen MR) is 82.9 cm³/mol. The highest BCUT2D eigenvalue weighted by molar-refractivity contribution is 7.10. The zero-order chi connectivity index (χ0) is 15.7. The molecule has 0 spiro atoms. The van der Waals surface area contributed by atoms with Crippen LogP contribution in [-0.4, -0.2) is 10.8 Å². The molecule has 4 nitrogen and oxygen atoms in total. The molecule has 0 saturated heterocycles. The second kappa shape index (κ2) is 5.71. The van der Waals surface area contributed by atoms with Crippen LogP contribution in [0.4, 0.5) is 0 Å². The molecule has 22 heavy (non-hydrogen) atoms. The molecule has 1 saturated carbocycles. The van der Waals surface area contributed by atoms with Gasteiger partial charge in [-0.3, -0.25) is 4.79 Å². The Balaban J connectivity index is 1.84. The van der Waals surface area contributed by atoms with Crippen LogP contribution in [0.2, 0.25) is 0 Å². The number of ketones is 1. The minimum absolute atomic E-state index is 0.00396. The number of hydrogen-bond donors (Lipinski definition) is 0. The molecule has 2 aromatic rings. The predicted octanol–water partition coefficient (Wildman–Crippen LogP) is 3.51. The van der Waals surface area contributed by atoms with Crippen molar-refractivity contribution < 1.29 is 4.79 Å². The monoisotopic (exact) mass is 307 g/mol. The summed E-state index contributed by atoms with van der Waals surface area (Å²) in [4.78, 5) is 16.7. The maximum absolute atomic E-state index is 12.3. The summed E-state index contributed by atoms with van der Waals surface area (Å²) in [6.45, 7) is 2.03. The average Bonchev–Trinajstić information content (AvgIpc) is 3.08. The molecule has 0 N–H and O–H groups in total. The highest BCUT2D eigenvalue weighted by Crippen LogP contribution is 2.42. The van der Waals surface area contributed by atoms with Crippen molar-refractivity contribution in [3.63, 3.8) is 0 Å². The summed E-state index contributed by atoms with van der Waals surface area (Å²) in [7, 11) is 0. The Labute approximate surface area is 132 Å². The first-order valence-electron chi connectivity index (χ1n) is 7.03. The molecule has 0 radical (unpaired) electrons. The molecule has 1 aromatic heterocycles. The van der Waals surface area contributed by atoms with Gasteiger partial charge in [-0.25, -0.2) is 4.98 Å². The first-order valence-corrected chi connectivity index (χ1v) is 7.91. The molecule has 1 aromatic carbocycles. The Bertz CT molecular complexity index is 795. The number of nitrogens with zero attached hydrogens (tertiary/aromatic N) is 3. The summed E-state index contributed by atoms with van der Waals surface area (Å²) in [6.07, 6.45) is 0.880. The van der Waals surface area contributed by atoms with Crippen molar-refractivity contribution in [3.05, 3.63) is 40.2 Å². The van der Waals surface area contributed by atoms with E-state index in [2.05, 4.69) is 17.1 Å². The summed E-state index contributed by atoms with van der Waals surface area (Å²) in [5, 5.41) is 20.5. The van der Waals surface area contributed by atoms with Crippen LogP contribution in [0.3, 0.4) is 0 Å². The number of carbonyl (C=O) groups excluding carboxylic acids is 1. The number of hydrogen-bond acceptors (Lipinski definition) is 5. The van der Waals surface area contributed by atoms with E-state index in [1.807, 2.05) is 24.4 Å². The maximum Gasteiger partial charge on any atom is 0.160 e. The van der Waals surface area contributed by atoms with E-state index < -0.39 is 5.92 Å². The average molecular weight is 307 g/mol. The van der Waals surface area contributed by atoms with Crippen molar-refractivity contribution in [1.82, 2.24) is 4.98 Å². The molecule has 5 heteroatoms. The third-order valence-electron chi connectivity index (χ3n) is 3.97. The summed E-state index contributed by atoms with van der Waals surface area (Å²) < 4.78 is 0. The molecule has 0 unspecified atom stereocenters. The molecule has 3 atom stereocenters. The highest BCUT2D eigenvalue weighted by Gasteiger charge is 2.43. The third kappa shape index (κ3) is 2.64. The van der Waals surface area contributed by atoms with Gasteiger partial charge in [0.15, 0.2) is 11.7 Å². The minimum atomic E-state index is -0.757. The van der Waals surface area contributed by atoms with Gasteiger partial charge in [0.25, 0.3) is 0 Å². The van der Waals surface area contributed by atoms with Crippen molar-refractivity contribution in [2.45, 2.75) is 19.3 Å². The van der Waals surface area contributed by atoms with Gasteiger partial charge in [-0.1, -0.05) is 19.1 Å². The number of rotatable bonds is 4. The zero-order valence-corrected chi connectivity index (χ0v) is 12.8. The Morgan fingerprint density at radius 1 is 1.36 bits per heavy atom. The number of aromatic nitrogens is 1. The normalized spacial score (nSPS) is 20.7. The van der Waals surface area contributed by atoms with Crippen LogP contribution < -0.4 is 0 Å². The fourth-order valence-electron chi connectivity index (χ4n) is 2.44. The van der Waals surface area contributed by atoms with Gasteiger partial charge >= 0.3 is 0 Å². The lowest BCUT2D eigenvalue weighted by Crippen LogP contribution is -2.13. The standard InChI is InChI=1S/C17H13N3OS/c1-10-6-13(10)16(21)14(8-19)17-20-15(9-22-17)12-4-2-11(7-18)3-5-12/h2-5,9-10,13-14H,6H2,1H3/t10-,13-,14+/m1/s1. The molecular weight excluding hydrogens is 294 g/mol. The maximum atomic E-state index is 12.3. The molecule has 0 amide bonds. The van der Waals surface area contributed by atoms with Gasteiger partial charge in [0, 0.05) is 16.9 Å². The lowest BCUT2D eigenvalue weighted by Gasteiger charge is -2.03. The topological polar surface area (TPSA) is 77.5 Å². The first-order chi connectivity index (χ1) is 10.6. The third-order valence-corrected chi connectivity index (χ3v) is 4.88. The number of thiazole rings is 1. The van der Waals surface area contributed by atoms with E-state index in [4.69, 9.17) is 5.26 Å². The van der Waals surface area contributed by atoms with Crippen molar-refractivity contribution in [2.75, 3.05) is 0 Å². The molecule has 0 bridgehead atoms. The largest absolute Gasteiger partial charge is 0.297 e. The van der Waals surface area contributed by atoms with Crippen molar-refractivity contribution in [2.24, 2.45) is 11.8 Å². The van der Waals surface area contributed by atoms with Crippen molar-refractivity contribution in [1.29, 1.82) is 10.5 Å². The highest BCUT2D eigenvalue weighted by atomic mass is 32.1. The van der Waals surface area contributed by atoms with Crippen LogP contribution in [0, 0.1) is 34.5 Å². The molecule has 1 fully saturated rings. The second-order valence-electron chi connectivity index (χ2n) is 5.54. The SMILES string of the molecule is C[C@@H]1C[C@H]1C(=O)[C@H](C#N)c1nc(-c2ccc(C#N)cc2)cs1. The van der Waals surface area contributed by atoms with E-state index in [-0.39, 0.29) is 11.7 Å². The lowest BCUT2D eigenvalue weighted by atomic mass is 10.0. The molecule has 3 rings (SSSR count). The van der Waals surface area contributed by atoms with Crippen LogP contribution in [0.25, 0.3) is 11.3 Å². The van der Waals surface area contributed by atoms with E-state index in [9.17, 15) is 10.1 Å². The van der Waals surface area contributed by atoms with E-state index >= 15 is 0 Å². The summed E-state index contributed by atoms with van der Waals surface area (Å²) >= 11 is 1.34. The van der Waals surface area contributed by atoms with Crippen LogP contribution in [0.5, 0.6) is 0 Å². The van der Waals surface area contributed by atoms with E-state index in [1.165, 1.54) is 11.3 Å². The number of Topliss-reactive ketones (excluding diaryl/α,β-unsaturated/α-hetero) is 1. The Kier molecular flexibility index (Phi) is 3.75. The minimum Gasteiger partial charge on any atom is -0.297 e. The summed E-state index contributed by atoms with van der Waals surface area (Å²) in [6, 6.07) is 11.3. The van der Waals surface area contributed by atoms with Crippen LogP contribution in [0.15, 0.2) is 29.6 Å². The van der Waals surface area contributed by atoms with Gasteiger partial charge in [0.1, 0.15) is 5.01 Å². The summed E-state index contributed by atoms with van der Waals surface area (Å²) in [5.41, 5.74) is 2.21. The smallest absolute Gasteiger partial charge is 0.160 e. The molecule has 108 valence electrons. The molecule has 0 aliphatic heterocycles. The van der Waals surface area contributed by atoms with Crippen LogP contribution in [0.1, 0.15) is 29.8 Å². The van der Waals surface area contributed by atoms with Crippen molar-refractivity contribution in [3.8, 4) is 23.4 Å². The Hall–Kier alpha value is -2.50. The van der Waals surface area contributed by atoms with E-state index in [0.29, 0.717) is 16.5 Å². The molecular formula is C17H13N3OS. The first kappa shape index (κ1) is 14.4.